The van der Waals surface area contributed by atoms with Gasteiger partial charge in [-0.1, -0.05) is 44.2 Å². The summed E-state index contributed by atoms with van der Waals surface area (Å²) < 4.78 is 0. The first-order chi connectivity index (χ1) is 8.68. The Morgan fingerprint density at radius 1 is 1.11 bits per heavy atom. The molecular weight excluding hydrogens is 222 g/mol. The molecule has 0 unspecified atom stereocenters. The summed E-state index contributed by atoms with van der Waals surface area (Å²) in [6.07, 6.45) is 5.21. The third-order valence-corrected chi connectivity index (χ3v) is 3.04. The van der Waals surface area contributed by atoms with Crippen LogP contribution in [0.5, 0.6) is 0 Å². The highest BCUT2D eigenvalue weighted by atomic mass is 14.9. The molecule has 0 saturated carbocycles. The maximum atomic E-state index is 4.25. The van der Waals surface area contributed by atoms with Gasteiger partial charge in [-0.3, -0.25) is 9.97 Å². The molecule has 2 rings (SSSR count). The molecule has 1 N–H and O–H groups in total. The van der Waals surface area contributed by atoms with E-state index in [2.05, 4.69) is 53.4 Å². The lowest BCUT2D eigenvalue weighted by Gasteiger charge is -2.25. The second-order valence-corrected chi connectivity index (χ2v) is 5.05. The molecule has 0 fully saturated rings. The van der Waals surface area contributed by atoms with E-state index >= 15 is 0 Å². The van der Waals surface area contributed by atoms with Crippen LogP contribution in [0, 0.1) is 0 Å². The molecule has 0 amide bonds. The summed E-state index contributed by atoms with van der Waals surface area (Å²) in [7, 11) is 0. The first kappa shape index (κ1) is 12.7. The van der Waals surface area contributed by atoms with E-state index in [1.165, 1.54) is 5.56 Å². The summed E-state index contributed by atoms with van der Waals surface area (Å²) >= 11 is 0. The first-order valence-electron chi connectivity index (χ1n) is 6.20. The quantitative estimate of drug-likeness (QED) is 0.874. The van der Waals surface area contributed by atoms with Crippen LogP contribution in [0.3, 0.4) is 0 Å². The number of benzene rings is 1. The van der Waals surface area contributed by atoms with Gasteiger partial charge in [0.25, 0.3) is 0 Å². The number of aromatic nitrogens is 2. The highest BCUT2D eigenvalue weighted by molar-refractivity contribution is 5.23. The molecule has 18 heavy (non-hydrogen) atoms. The highest BCUT2D eigenvalue weighted by Crippen LogP contribution is 2.21. The van der Waals surface area contributed by atoms with Crippen molar-refractivity contribution in [1.82, 2.24) is 15.3 Å². The smallest absolute Gasteiger partial charge is 0.0724 e. The van der Waals surface area contributed by atoms with Gasteiger partial charge < -0.3 is 5.32 Å². The fourth-order valence-corrected chi connectivity index (χ4v) is 1.92. The topological polar surface area (TPSA) is 37.8 Å². The van der Waals surface area contributed by atoms with Gasteiger partial charge in [-0.15, -0.1) is 0 Å². The van der Waals surface area contributed by atoms with Crippen LogP contribution in [0.2, 0.25) is 0 Å². The largest absolute Gasteiger partial charge is 0.310 e. The van der Waals surface area contributed by atoms with Gasteiger partial charge in [-0.25, -0.2) is 0 Å². The Balaban J connectivity index is 1.90. The van der Waals surface area contributed by atoms with Crippen molar-refractivity contribution in [2.45, 2.75) is 25.8 Å². The van der Waals surface area contributed by atoms with E-state index in [0.29, 0.717) is 0 Å². The van der Waals surface area contributed by atoms with E-state index in [1.807, 2.05) is 6.07 Å². The predicted molar refractivity (Wildman–Crippen MR) is 73.2 cm³/mol. The average Bonchev–Trinajstić information content (AvgIpc) is 2.41. The number of hydrogen-bond donors (Lipinski definition) is 1. The van der Waals surface area contributed by atoms with Crippen molar-refractivity contribution in [1.29, 1.82) is 0 Å². The first-order valence-corrected chi connectivity index (χ1v) is 6.20. The molecule has 0 aliphatic rings. The fourth-order valence-electron chi connectivity index (χ4n) is 1.92. The van der Waals surface area contributed by atoms with Crippen LogP contribution >= 0.6 is 0 Å². The molecule has 1 heterocycles. The normalized spacial score (nSPS) is 11.4. The highest BCUT2D eigenvalue weighted by Gasteiger charge is 2.19. The molecule has 3 nitrogen and oxygen atoms in total. The lowest BCUT2D eigenvalue weighted by atomic mass is 9.84. The molecule has 3 heteroatoms. The van der Waals surface area contributed by atoms with Crippen LogP contribution in [0.25, 0.3) is 0 Å². The van der Waals surface area contributed by atoms with Crippen molar-refractivity contribution in [2.24, 2.45) is 0 Å². The SMILES string of the molecule is CC(C)(CNCc1cnccn1)c1ccccc1. The second kappa shape index (κ2) is 5.74. The molecular formula is C15H19N3. The van der Waals surface area contributed by atoms with Crippen molar-refractivity contribution in [3.8, 4) is 0 Å². The van der Waals surface area contributed by atoms with Crippen LogP contribution < -0.4 is 5.32 Å². The van der Waals surface area contributed by atoms with E-state index in [1.54, 1.807) is 18.6 Å². The van der Waals surface area contributed by atoms with E-state index in [0.717, 1.165) is 18.8 Å². The molecule has 94 valence electrons. The molecule has 0 radical (unpaired) electrons. The minimum Gasteiger partial charge on any atom is -0.310 e. The lowest BCUT2D eigenvalue weighted by molar-refractivity contribution is 0.466. The molecule has 0 saturated heterocycles. The summed E-state index contributed by atoms with van der Waals surface area (Å²) in [5.74, 6) is 0. The Labute approximate surface area is 108 Å². The van der Waals surface area contributed by atoms with Crippen LogP contribution in [0.4, 0.5) is 0 Å². The van der Waals surface area contributed by atoms with Crippen molar-refractivity contribution in [3.05, 3.63) is 60.2 Å². The summed E-state index contributed by atoms with van der Waals surface area (Å²) in [5, 5.41) is 3.44. The monoisotopic (exact) mass is 241 g/mol. The van der Waals surface area contributed by atoms with Crippen LogP contribution in [0.1, 0.15) is 25.1 Å². The molecule has 0 aliphatic carbocycles. The minimum absolute atomic E-state index is 0.115. The summed E-state index contributed by atoms with van der Waals surface area (Å²) in [6.45, 7) is 6.15. The van der Waals surface area contributed by atoms with Gasteiger partial charge in [-0.05, 0) is 5.56 Å². The zero-order chi connectivity index (χ0) is 12.8. The molecule has 0 aliphatic heterocycles. The molecule has 2 aromatic rings. The Morgan fingerprint density at radius 3 is 2.56 bits per heavy atom. The Hall–Kier alpha value is -1.74. The fraction of sp³-hybridized carbons (Fsp3) is 0.333. The Kier molecular flexibility index (Phi) is 4.05. The van der Waals surface area contributed by atoms with Gasteiger partial charge in [0.15, 0.2) is 0 Å². The summed E-state index contributed by atoms with van der Waals surface area (Å²) in [5.41, 5.74) is 2.43. The van der Waals surface area contributed by atoms with E-state index < -0.39 is 0 Å². The van der Waals surface area contributed by atoms with Crippen LogP contribution in [-0.4, -0.2) is 16.5 Å². The zero-order valence-corrected chi connectivity index (χ0v) is 10.9. The zero-order valence-electron chi connectivity index (χ0n) is 10.9. The summed E-state index contributed by atoms with van der Waals surface area (Å²) in [4.78, 5) is 8.30. The number of nitrogens with one attached hydrogen (secondary N) is 1. The molecule has 0 bridgehead atoms. The Bertz CT molecular complexity index is 466. The van der Waals surface area contributed by atoms with Gasteiger partial charge in [-0.2, -0.15) is 0 Å². The second-order valence-electron chi connectivity index (χ2n) is 5.05. The van der Waals surface area contributed by atoms with E-state index in [9.17, 15) is 0 Å². The number of nitrogens with zero attached hydrogens (tertiary/aromatic N) is 2. The maximum absolute atomic E-state index is 4.25. The number of rotatable bonds is 5. The van der Waals surface area contributed by atoms with E-state index in [-0.39, 0.29) is 5.41 Å². The van der Waals surface area contributed by atoms with Crippen LogP contribution in [-0.2, 0) is 12.0 Å². The van der Waals surface area contributed by atoms with Gasteiger partial charge in [0.2, 0.25) is 0 Å². The Morgan fingerprint density at radius 2 is 1.89 bits per heavy atom. The van der Waals surface area contributed by atoms with Gasteiger partial charge >= 0.3 is 0 Å². The molecule has 0 atom stereocenters. The van der Waals surface area contributed by atoms with Crippen molar-refractivity contribution in [3.63, 3.8) is 0 Å². The van der Waals surface area contributed by atoms with Gasteiger partial charge in [0.05, 0.1) is 5.69 Å². The minimum atomic E-state index is 0.115. The van der Waals surface area contributed by atoms with Crippen LogP contribution in [0.15, 0.2) is 48.9 Å². The van der Waals surface area contributed by atoms with Crippen molar-refractivity contribution in [2.75, 3.05) is 6.54 Å². The molecule has 0 spiro atoms. The van der Waals surface area contributed by atoms with Gasteiger partial charge in [0.1, 0.15) is 0 Å². The third kappa shape index (κ3) is 3.37. The van der Waals surface area contributed by atoms with Crippen molar-refractivity contribution >= 4 is 0 Å². The van der Waals surface area contributed by atoms with Crippen molar-refractivity contribution < 1.29 is 0 Å². The van der Waals surface area contributed by atoms with E-state index in [4.69, 9.17) is 0 Å². The third-order valence-electron chi connectivity index (χ3n) is 3.04. The predicted octanol–water partition coefficient (Wildman–Crippen LogP) is 2.54. The molecule has 1 aromatic heterocycles. The number of hydrogen-bond acceptors (Lipinski definition) is 3. The standard InChI is InChI=1S/C15H19N3/c1-15(2,13-6-4-3-5-7-13)12-17-11-14-10-16-8-9-18-14/h3-10,17H,11-12H2,1-2H3. The summed E-state index contributed by atoms with van der Waals surface area (Å²) in [6, 6.07) is 10.6. The molecule has 1 aromatic carbocycles. The van der Waals surface area contributed by atoms with Gasteiger partial charge in [0, 0.05) is 37.1 Å². The maximum Gasteiger partial charge on any atom is 0.0724 e. The average molecular weight is 241 g/mol. The lowest BCUT2D eigenvalue weighted by Crippen LogP contribution is -2.32.